The molecule has 132 valence electrons. The van der Waals surface area contributed by atoms with E-state index in [0.29, 0.717) is 24.2 Å². The zero-order valence-corrected chi connectivity index (χ0v) is 14.2. The molecule has 0 aliphatic heterocycles. The van der Waals surface area contributed by atoms with Crippen molar-refractivity contribution in [3.05, 3.63) is 11.6 Å². The number of hydrogen-bond acceptors (Lipinski definition) is 3. The van der Waals surface area contributed by atoms with Gasteiger partial charge in [-0.15, -0.1) is 0 Å². The predicted molar refractivity (Wildman–Crippen MR) is 91.0 cm³/mol. The summed E-state index contributed by atoms with van der Waals surface area (Å²) in [5.74, 6) is 6.56. The lowest BCUT2D eigenvalue weighted by Crippen LogP contribution is -2.44. The Balaban J connectivity index is 1.59. The lowest BCUT2D eigenvalue weighted by molar-refractivity contribution is -0.136. The van der Waals surface area contributed by atoms with E-state index in [9.17, 15) is 15.0 Å². The van der Waals surface area contributed by atoms with Crippen LogP contribution in [0.5, 0.6) is 0 Å². The highest BCUT2D eigenvalue weighted by atomic mass is 16.4. The van der Waals surface area contributed by atoms with E-state index >= 15 is 0 Å². The first-order chi connectivity index (χ1) is 11.6. The standard InChI is InChI=1S/C20H28O4/c21-18(13-4-1-2-5-13)10-9-16-17-12-14(6-3-7-20(23)24)15(17)8-11-19(16)22/h6,13,15-19,21-22H,1-5,7-8,11-12H2,(H,23,24)/b14-6+/t15-,16-,17+,18?,19-/m1/s1. The predicted octanol–water partition coefficient (Wildman–Crippen LogP) is 2.74. The minimum absolute atomic E-state index is 0.0450. The third kappa shape index (κ3) is 3.84. The summed E-state index contributed by atoms with van der Waals surface area (Å²) in [7, 11) is 0. The smallest absolute Gasteiger partial charge is 0.303 e. The van der Waals surface area contributed by atoms with E-state index in [1.54, 1.807) is 0 Å². The van der Waals surface area contributed by atoms with Gasteiger partial charge in [0.2, 0.25) is 0 Å². The Bertz CT molecular complexity index is 550. The van der Waals surface area contributed by atoms with Crippen molar-refractivity contribution < 1.29 is 20.1 Å². The quantitative estimate of drug-likeness (QED) is 0.546. The summed E-state index contributed by atoms with van der Waals surface area (Å²) in [6.07, 6.45) is 9.02. The van der Waals surface area contributed by atoms with Crippen molar-refractivity contribution in [2.75, 3.05) is 0 Å². The average Bonchev–Trinajstić information content (AvgIpc) is 3.05. The normalized spacial score (nSPS) is 35.7. The second-order valence-electron chi connectivity index (χ2n) is 7.63. The number of aliphatic carboxylic acids is 1. The van der Waals surface area contributed by atoms with Crippen molar-refractivity contribution in [3.63, 3.8) is 0 Å². The van der Waals surface area contributed by atoms with Gasteiger partial charge in [0.15, 0.2) is 0 Å². The molecule has 3 aliphatic rings. The summed E-state index contributed by atoms with van der Waals surface area (Å²) in [5.41, 5.74) is 1.34. The first-order valence-electron chi connectivity index (χ1n) is 9.34. The molecule has 3 N–H and O–H groups in total. The van der Waals surface area contributed by atoms with E-state index in [0.717, 1.165) is 32.1 Å². The van der Waals surface area contributed by atoms with E-state index in [4.69, 9.17) is 5.11 Å². The van der Waals surface area contributed by atoms with Crippen molar-refractivity contribution in [1.29, 1.82) is 0 Å². The molecule has 3 rings (SSSR count). The molecule has 3 saturated carbocycles. The van der Waals surface area contributed by atoms with E-state index in [-0.39, 0.29) is 12.3 Å². The first-order valence-corrected chi connectivity index (χ1v) is 9.34. The van der Waals surface area contributed by atoms with Gasteiger partial charge < -0.3 is 15.3 Å². The second kappa shape index (κ2) is 7.72. The van der Waals surface area contributed by atoms with Gasteiger partial charge in [-0.3, -0.25) is 4.79 Å². The summed E-state index contributed by atoms with van der Waals surface area (Å²) < 4.78 is 0. The molecule has 0 aromatic rings. The van der Waals surface area contributed by atoms with Crippen LogP contribution in [0.4, 0.5) is 0 Å². The molecule has 0 saturated heterocycles. The van der Waals surface area contributed by atoms with Gasteiger partial charge in [0.05, 0.1) is 12.0 Å². The van der Waals surface area contributed by atoms with Crippen LogP contribution in [0.3, 0.4) is 0 Å². The number of fused-ring (bicyclic) bond motifs is 1. The van der Waals surface area contributed by atoms with Crippen molar-refractivity contribution in [2.24, 2.45) is 23.7 Å². The monoisotopic (exact) mass is 332 g/mol. The Labute approximate surface area is 144 Å². The summed E-state index contributed by atoms with van der Waals surface area (Å²) in [6, 6.07) is 0. The SMILES string of the molecule is O=C(O)CC/C=C1\C[C@@H]2[C@@H](C#CC(O)C3CCCC3)[C@H](O)CC[C@H]12. The van der Waals surface area contributed by atoms with Crippen molar-refractivity contribution in [3.8, 4) is 11.8 Å². The van der Waals surface area contributed by atoms with E-state index < -0.39 is 18.2 Å². The topological polar surface area (TPSA) is 77.8 Å². The molecule has 24 heavy (non-hydrogen) atoms. The summed E-state index contributed by atoms with van der Waals surface area (Å²) in [4.78, 5) is 10.6. The molecule has 0 bridgehead atoms. The third-order valence-corrected chi connectivity index (χ3v) is 6.12. The zero-order valence-electron chi connectivity index (χ0n) is 14.2. The molecule has 0 aromatic carbocycles. The van der Waals surface area contributed by atoms with Gasteiger partial charge in [0.25, 0.3) is 0 Å². The number of rotatable bonds is 4. The van der Waals surface area contributed by atoms with Crippen molar-refractivity contribution in [2.45, 2.75) is 70.0 Å². The van der Waals surface area contributed by atoms with Gasteiger partial charge in [-0.2, -0.15) is 0 Å². The van der Waals surface area contributed by atoms with Crippen LogP contribution in [0.25, 0.3) is 0 Å². The number of allylic oxidation sites excluding steroid dienone is 2. The molecule has 0 amide bonds. The van der Waals surface area contributed by atoms with Crippen LogP contribution in [-0.4, -0.2) is 33.5 Å². The Hall–Kier alpha value is -1.31. The molecular weight excluding hydrogens is 304 g/mol. The first kappa shape index (κ1) is 17.5. The maximum Gasteiger partial charge on any atom is 0.303 e. The van der Waals surface area contributed by atoms with E-state index in [1.807, 2.05) is 0 Å². The average molecular weight is 332 g/mol. The molecule has 4 heteroatoms. The van der Waals surface area contributed by atoms with Gasteiger partial charge in [-0.05, 0) is 56.3 Å². The fraction of sp³-hybridized carbons (Fsp3) is 0.750. The molecule has 1 unspecified atom stereocenters. The highest BCUT2D eigenvalue weighted by Gasteiger charge is 2.46. The van der Waals surface area contributed by atoms with Crippen LogP contribution >= 0.6 is 0 Å². The molecule has 0 radical (unpaired) electrons. The number of hydrogen-bond donors (Lipinski definition) is 3. The molecule has 3 fully saturated rings. The Morgan fingerprint density at radius 3 is 2.71 bits per heavy atom. The number of aliphatic hydroxyl groups is 2. The van der Waals surface area contributed by atoms with Crippen molar-refractivity contribution >= 4 is 5.97 Å². The lowest BCUT2D eigenvalue weighted by Gasteiger charge is -2.48. The fourth-order valence-corrected chi connectivity index (χ4v) is 4.66. The van der Waals surface area contributed by atoms with Crippen molar-refractivity contribution in [1.82, 2.24) is 0 Å². The van der Waals surface area contributed by atoms with E-state index in [1.165, 1.54) is 18.4 Å². The van der Waals surface area contributed by atoms with Gasteiger partial charge >= 0.3 is 5.97 Å². The Kier molecular flexibility index (Phi) is 5.63. The summed E-state index contributed by atoms with van der Waals surface area (Å²) >= 11 is 0. The van der Waals surface area contributed by atoms with Crippen LogP contribution in [0.1, 0.15) is 57.8 Å². The molecule has 0 heterocycles. The third-order valence-electron chi connectivity index (χ3n) is 6.12. The minimum Gasteiger partial charge on any atom is -0.481 e. The van der Waals surface area contributed by atoms with Gasteiger partial charge in [-0.1, -0.05) is 36.3 Å². The lowest BCUT2D eigenvalue weighted by atomic mass is 9.57. The maximum absolute atomic E-state index is 10.6. The number of carboxylic acids is 1. The van der Waals surface area contributed by atoms with Crippen LogP contribution < -0.4 is 0 Å². The fourth-order valence-electron chi connectivity index (χ4n) is 4.66. The molecule has 0 aromatic heterocycles. The van der Waals surface area contributed by atoms with Crippen LogP contribution in [0, 0.1) is 35.5 Å². The number of aliphatic hydroxyl groups excluding tert-OH is 2. The van der Waals surface area contributed by atoms with Gasteiger partial charge in [0, 0.05) is 6.42 Å². The molecule has 0 spiro atoms. The number of carboxylic acid groups (broad SMARTS) is 1. The summed E-state index contributed by atoms with van der Waals surface area (Å²) in [6.45, 7) is 0. The number of carbonyl (C=O) groups is 1. The molecular formula is C20H28O4. The highest BCUT2D eigenvalue weighted by Crippen LogP contribution is 2.51. The molecule has 3 aliphatic carbocycles. The van der Waals surface area contributed by atoms with E-state index in [2.05, 4.69) is 17.9 Å². The largest absolute Gasteiger partial charge is 0.481 e. The maximum atomic E-state index is 10.6. The zero-order chi connectivity index (χ0) is 17.1. The minimum atomic E-state index is -0.758. The highest BCUT2D eigenvalue weighted by molar-refractivity contribution is 5.66. The van der Waals surface area contributed by atoms with Gasteiger partial charge in [0.1, 0.15) is 6.10 Å². The van der Waals surface area contributed by atoms with Gasteiger partial charge in [-0.25, -0.2) is 0 Å². The Morgan fingerprint density at radius 2 is 2.00 bits per heavy atom. The molecule has 5 atom stereocenters. The van der Waals surface area contributed by atoms with Crippen LogP contribution in [-0.2, 0) is 4.79 Å². The van der Waals surface area contributed by atoms with Crippen LogP contribution in [0.2, 0.25) is 0 Å². The Morgan fingerprint density at radius 1 is 1.25 bits per heavy atom. The molecule has 4 nitrogen and oxygen atoms in total. The second-order valence-corrected chi connectivity index (χ2v) is 7.63. The summed E-state index contributed by atoms with van der Waals surface area (Å²) in [5, 5.41) is 29.3. The van der Waals surface area contributed by atoms with Crippen LogP contribution in [0.15, 0.2) is 11.6 Å².